The lowest BCUT2D eigenvalue weighted by molar-refractivity contribution is 0.397. The van der Waals surface area contributed by atoms with E-state index >= 15 is 0 Å². The number of pyridine rings is 2. The zero-order valence-corrected chi connectivity index (χ0v) is 13.3. The maximum absolute atomic E-state index is 6.03. The molecule has 2 heterocycles. The smallest absolute Gasteiger partial charge is 0.0737 e. The topological polar surface area (TPSA) is 41.0 Å². The Labute approximate surface area is 134 Å². The van der Waals surface area contributed by atoms with Gasteiger partial charge in [-0.15, -0.1) is 0 Å². The van der Waals surface area contributed by atoms with E-state index < -0.39 is 0 Å². The van der Waals surface area contributed by atoms with Gasteiger partial charge in [0.15, 0.2) is 0 Å². The minimum atomic E-state index is 0.689. The molecule has 22 heavy (non-hydrogen) atoms. The molecule has 5 heteroatoms. The second-order valence-corrected chi connectivity index (χ2v) is 5.86. The fraction of sp³-hybridized carbons (Fsp3) is 0.176. The van der Waals surface area contributed by atoms with E-state index in [1.807, 2.05) is 50.6 Å². The maximum Gasteiger partial charge on any atom is 0.0737 e. The normalized spacial score (nSPS) is 11.1. The van der Waals surface area contributed by atoms with Gasteiger partial charge in [0.25, 0.3) is 0 Å². The molecule has 1 N–H and O–H groups in total. The fourth-order valence-electron chi connectivity index (χ4n) is 2.35. The number of fused-ring (bicyclic) bond motifs is 1. The van der Waals surface area contributed by atoms with E-state index in [0.29, 0.717) is 5.02 Å². The molecule has 0 amide bonds. The molecular weight excluding hydrogens is 296 g/mol. The monoisotopic (exact) mass is 312 g/mol. The van der Waals surface area contributed by atoms with Crippen molar-refractivity contribution in [3.05, 3.63) is 59.5 Å². The largest absolute Gasteiger partial charge is 0.355 e. The minimum absolute atomic E-state index is 0.689. The van der Waals surface area contributed by atoms with Gasteiger partial charge < -0.3 is 10.2 Å². The van der Waals surface area contributed by atoms with Crippen molar-refractivity contribution < 1.29 is 0 Å². The Kier molecular flexibility index (Phi) is 4.22. The highest BCUT2D eigenvalue weighted by molar-refractivity contribution is 6.31. The van der Waals surface area contributed by atoms with Crippen LogP contribution in [0.5, 0.6) is 0 Å². The number of nitrogens with zero attached hydrogens (tertiary/aromatic N) is 3. The standard InChI is InChI=1S/C17H17ClN4/c1-22(2)11-14-10-13(5-7-19-14)21-16-6-8-20-17-9-12(18)3-4-15(16)17/h3-10H,11H2,1-2H3,(H,19,20,21). The van der Waals surface area contributed by atoms with Gasteiger partial charge in [0.1, 0.15) is 0 Å². The molecule has 3 aromatic rings. The molecule has 0 atom stereocenters. The van der Waals surface area contributed by atoms with Crippen LogP contribution in [0.3, 0.4) is 0 Å². The van der Waals surface area contributed by atoms with Crippen LogP contribution in [0.1, 0.15) is 5.69 Å². The number of hydrogen-bond acceptors (Lipinski definition) is 4. The second kappa shape index (κ2) is 6.30. The van der Waals surface area contributed by atoms with Crippen LogP contribution in [0.2, 0.25) is 5.02 Å². The van der Waals surface area contributed by atoms with Crippen LogP contribution in [0.25, 0.3) is 10.9 Å². The fourth-order valence-corrected chi connectivity index (χ4v) is 2.52. The first kappa shape index (κ1) is 14.8. The number of nitrogens with one attached hydrogen (secondary N) is 1. The summed E-state index contributed by atoms with van der Waals surface area (Å²) in [6.07, 6.45) is 3.60. The third-order valence-corrected chi connectivity index (χ3v) is 3.51. The third-order valence-electron chi connectivity index (χ3n) is 3.28. The summed E-state index contributed by atoms with van der Waals surface area (Å²) < 4.78 is 0. The average Bonchev–Trinajstić information content (AvgIpc) is 2.47. The van der Waals surface area contributed by atoms with Gasteiger partial charge in [-0.05, 0) is 50.5 Å². The van der Waals surface area contributed by atoms with E-state index in [2.05, 4.69) is 26.3 Å². The summed E-state index contributed by atoms with van der Waals surface area (Å²) in [6, 6.07) is 11.7. The molecule has 3 rings (SSSR count). The summed E-state index contributed by atoms with van der Waals surface area (Å²) in [7, 11) is 4.06. The molecule has 0 aliphatic carbocycles. The van der Waals surface area contributed by atoms with Crippen molar-refractivity contribution in [2.45, 2.75) is 6.54 Å². The molecular formula is C17H17ClN4. The van der Waals surface area contributed by atoms with Crippen LogP contribution in [0.15, 0.2) is 48.8 Å². The molecule has 0 spiro atoms. The molecule has 0 unspecified atom stereocenters. The van der Waals surface area contributed by atoms with Gasteiger partial charge in [-0.2, -0.15) is 0 Å². The molecule has 112 valence electrons. The van der Waals surface area contributed by atoms with Gasteiger partial charge in [-0.25, -0.2) is 0 Å². The van der Waals surface area contributed by atoms with Crippen LogP contribution in [0.4, 0.5) is 11.4 Å². The first-order chi connectivity index (χ1) is 10.6. The summed E-state index contributed by atoms with van der Waals surface area (Å²) in [5.41, 5.74) is 3.91. The molecule has 0 aliphatic rings. The van der Waals surface area contributed by atoms with Crippen molar-refractivity contribution in [2.75, 3.05) is 19.4 Å². The van der Waals surface area contributed by atoms with Crippen molar-refractivity contribution in [1.82, 2.24) is 14.9 Å². The van der Waals surface area contributed by atoms with Crippen LogP contribution >= 0.6 is 11.6 Å². The number of hydrogen-bond donors (Lipinski definition) is 1. The number of anilines is 2. The van der Waals surface area contributed by atoms with Crippen molar-refractivity contribution in [1.29, 1.82) is 0 Å². The predicted octanol–water partition coefficient (Wildman–Crippen LogP) is 4.09. The van der Waals surface area contributed by atoms with Crippen molar-refractivity contribution in [2.24, 2.45) is 0 Å². The van der Waals surface area contributed by atoms with E-state index in [1.165, 1.54) is 0 Å². The molecule has 0 fully saturated rings. The lowest BCUT2D eigenvalue weighted by atomic mass is 10.2. The summed E-state index contributed by atoms with van der Waals surface area (Å²) in [6.45, 7) is 0.808. The van der Waals surface area contributed by atoms with Crippen molar-refractivity contribution in [3.8, 4) is 0 Å². The van der Waals surface area contributed by atoms with Crippen LogP contribution in [0, 0.1) is 0 Å². The summed E-state index contributed by atoms with van der Waals surface area (Å²) in [4.78, 5) is 10.8. The maximum atomic E-state index is 6.03. The number of halogens is 1. The molecule has 2 aromatic heterocycles. The van der Waals surface area contributed by atoms with Crippen molar-refractivity contribution in [3.63, 3.8) is 0 Å². The zero-order chi connectivity index (χ0) is 15.5. The van der Waals surface area contributed by atoms with Gasteiger partial charge in [0.05, 0.1) is 11.2 Å². The minimum Gasteiger partial charge on any atom is -0.355 e. The van der Waals surface area contributed by atoms with Crippen LogP contribution < -0.4 is 5.32 Å². The van der Waals surface area contributed by atoms with Crippen LogP contribution in [-0.4, -0.2) is 29.0 Å². The van der Waals surface area contributed by atoms with E-state index in [4.69, 9.17) is 11.6 Å². The Bertz CT molecular complexity index is 802. The highest BCUT2D eigenvalue weighted by Crippen LogP contribution is 2.27. The quantitative estimate of drug-likeness (QED) is 0.788. The van der Waals surface area contributed by atoms with E-state index in [9.17, 15) is 0 Å². The van der Waals surface area contributed by atoms with E-state index in [-0.39, 0.29) is 0 Å². The van der Waals surface area contributed by atoms with Crippen LogP contribution in [-0.2, 0) is 6.54 Å². The molecule has 0 saturated carbocycles. The Balaban J connectivity index is 1.93. The molecule has 0 aliphatic heterocycles. The zero-order valence-electron chi connectivity index (χ0n) is 12.5. The van der Waals surface area contributed by atoms with E-state index in [0.717, 1.165) is 34.5 Å². The summed E-state index contributed by atoms with van der Waals surface area (Å²) in [5, 5.41) is 5.17. The lowest BCUT2D eigenvalue weighted by Crippen LogP contribution is -2.11. The van der Waals surface area contributed by atoms with Gasteiger partial charge >= 0.3 is 0 Å². The Morgan fingerprint density at radius 3 is 2.68 bits per heavy atom. The van der Waals surface area contributed by atoms with Gasteiger partial charge in [0.2, 0.25) is 0 Å². The molecule has 1 aromatic carbocycles. The van der Waals surface area contributed by atoms with Gasteiger partial charge in [0, 0.05) is 40.7 Å². The Hall–Kier alpha value is -2.17. The summed E-state index contributed by atoms with van der Waals surface area (Å²) in [5.74, 6) is 0. The molecule has 0 radical (unpaired) electrons. The predicted molar refractivity (Wildman–Crippen MR) is 91.7 cm³/mol. The number of rotatable bonds is 4. The Morgan fingerprint density at radius 2 is 1.86 bits per heavy atom. The lowest BCUT2D eigenvalue weighted by Gasteiger charge is -2.12. The first-order valence-electron chi connectivity index (χ1n) is 7.03. The van der Waals surface area contributed by atoms with Gasteiger partial charge in [-0.1, -0.05) is 11.6 Å². The average molecular weight is 313 g/mol. The number of aromatic nitrogens is 2. The number of benzene rings is 1. The van der Waals surface area contributed by atoms with E-state index in [1.54, 1.807) is 6.20 Å². The molecule has 0 saturated heterocycles. The summed E-state index contributed by atoms with van der Waals surface area (Å²) >= 11 is 6.03. The molecule has 0 bridgehead atoms. The van der Waals surface area contributed by atoms with Crippen molar-refractivity contribution >= 4 is 33.9 Å². The second-order valence-electron chi connectivity index (χ2n) is 5.42. The highest BCUT2D eigenvalue weighted by Gasteiger charge is 2.04. The third kappa shape index (κ3) is 3.35. The SMILES string of the molecule is CN(C)Cc1cc(Nc2ccnc3cc(Cl)ccc23)ccn1. The van der Waals surface area contributed by atoms with Gasteiger partial charge in [-0.3, -0.25) is 9.97 Å². The Morgan fingerprint density at radius 1 is 1.05 bits per heavy atom. The molecule has 4 nitrogen and oxygen atoms in total. The highest BCUT2D eigenvalue weighted by atomic mass is 35.5. The first-order valence-corrected chi connectivity index (χ1v) is 7.40.